The molecule has 1 fully saturated rings. The molecule has 1 aliphatic rings. The molecule has 0 aliphatic heterocycles. The van der Waals surface area contributed by atoms with Gasteiger partial charge in [0.2, 0.25) is 0 Å². The van der Waals surface area contributed by atoms with Crippen molar-refractivity contribution in [3.63, 3.8) is 0 Å². The van der Waals surface area contributed by atoms with Gasteiger partial charge in [0.25, 0.3) is 0 Å². The third-order valence-electron chi connectivity index (χ3n) is 4.57. The van der Waals surface area contributed by atoms with E-state index >= 15 is 0 Å². The first-order chi connectivity index (χ1) is 11.4. The second-order valence-corrected chi connectivity index (χ2v) is 8.00. The van der Waals surface area contributed by atoms with Crippen molar-refractivity contribution in [2.24, 2.45) is 23.7 Å². The van der Waals surface area contributed by atoms with E-state index in [0.29, 0.717) is 25.6 Å². The van der Waals surface area contributed by atoms with E-state index in [2.05, 4.69) is 13.8 Å². The number of esters is 2. The van der Waals surface area contributed by atoms with Crippen LogP contribution in [0.15, 0.2) is 0 Å². The quantitative estimate of drug-likeness (QED) is 0.425. The van der Waals surface area contributed by atoms with Crippen molar-refractivity contribution in [2.75, 3.05) is 13.2 Å². The highest BCUT2D eigenvalue weighted by Gasteiger charge is 2.32. The Kier molecular flexibility index (Phi) is 10.0. The summed E-state index contributed by atoms with van der Waals surface area (Å²) in [5, 5.41) is 0. The maximum atomic E-state index is 12.2. The lowest BCUT2D eigenvalue weighted by Gasteiger charge is -2.26. The second kappa shape index (κ2) is 11.5. The zero-order valence-electron chi connectivity index (χ0n) is 16.0. The van der Waals surface area contributed by atoms with Crippen LogP contribution in [0, 0.1) is 23.7 Å². The minimum absolute atomic E-state index is 0.125. The van der Waals surface area contributed by atoms with Crippen molar-refractivity contribution < 1.29 is 19.1 Å². The SMILES string of the molecule is CC(C)CCCCCOC(=O)C1CCCC(C(=O)OCC(C)C)C1. The Balaban J connectivity index is 2.23. The third-order valence-corrected chi connectivity index (χ3v) is 4.57. The minimum Gasteiger partial charge on any atom is -0.465 e. The van der Waals surface area contributed by atoms with Crippen molar-refractivity contribution in [3.05, 3.63) is 0 Å². The Hall–Kier alpha value is -1.06. The summed E-state index contributed by atoms with van der Waals surface area (Å²) in [6.45, 7) is 9.47. The van der Waals surface area contributed by atoms with Crippen LogP contribution in [0.2, 0.25) is 0 Å². The summed E-state index contributed by atoms with van der Waals surface area (Å²) in [6, 6.07) is 0. The summed E-state index contributed by atoms with van der Waals surface area (Å²) in [5.41, 5.74) is 0. The van der Waals surface area contributed by atoms with Gasteiger partial charge in [0.05, 0.1) is 25.0 Å². The van der Waals surface area contributed by atoms with E-state index in [9.17, 15) is 9.59 Å². The molecule has 2 unspecified atom stereocenters. The summed E-state index contributed by atoms with van der Waals surface area (Å²) in [7, 11) is 0. The number of hydrogen-bond donors (Lipinski definition) is 0. The first-order valence-electron chi connectivity index (χ1n) is 9.73. The lowest BCUT2D eigenvalue weighted by atomic mass is 9.81. The molecule has 0 radical (unpaired) electrons. The Morgan fingerprint density at radius 1 is 0.875 bits per heavy atom. The number of hydrogen-bond acceptors (Lipinski definition) is 4. The van der Waals surface area contributed by atoms with Crippen LogP contribution in [0.5, 0.6) is 0 Å². The van der Waals surface area contributed by atoms with E-state index in [1.54, 1.807) is 0 Å². The van der Waals surface area contributed by atoms with Crippen molar-refractivity contribution in [3.8, 4) is 0 Å². The highest BCUT2D eigenvalue weighted by molar-refractivity contribution is 5.76. The van der Waals surface area contributed by atoms with Gasteiger partial charge < -0.3 is 9.47 Å². The number of rotatable bonds is 10. The first-order valence-corrected chi connectivity index (χ1v) is 9.73. The van der Waals surface area contributed by atoms with Gasteiger partial charge in [0.1, 0.15) is 0 Å². The molecular weight excluding hydrogens is 304 g/mol. The molecule has 2 atom stereocenters. The van der Waals surface area contributed by atoms with Crippen molar-refractivity contribution in [1.29, 1.82) is 0 Å². The summed E-state index contributed by atoms with van der Waals surface area (Å²) in [6.07, 6.45) is 7.62. The summed E-state index contributed by atoms with van der Waals surface area (Å²) in [4.78, 5) is 24.3. The molecule has 4 nitrogen and oxygen atoms in total. The monoisotopic (exact) mass is 340 g/mol. The lowest BCUT2D eigenvalue weighted by Crippen LogP contribution is -2.30. The molecule has 1 rings (SSSR count). The van der Waals surface area contributed by atoms with Crippen LogP contribution in [0.1, 0.15) is 79.1 Å². The van der Waals surface area contributed by atoms with Gasteiger partial charge in [-0.2, -0.15) is 0 Å². The molecule has 0 aromatic rings. The van der Waals surface area contributed by atoms with Gasteiger partial charge in [0, 0.05) is 0 Å². The fraction of sp³-hybridized carbons (Fsp3) is 0.900. The zero-order valence-corrected chi connectivity index (χ0v) is 16.0. The lowest BCUT2D eigenvalue weighted by molar-refractivity contribution is -0.155. The topological polar surface area (TPSA) is 52.6 Å². The Bertz CT molecular complexity index is 376. The highest BCUT2D eigenvalue weighted by atomic mass is 16.5. The van der Waals surface area contributed by atoms with Crippen molar-refractivity contribution in [1.82, 2.24) is 0 Å². The van der Waals surface area contributed by atoms with Gasteiger partial charge in [-0.1, -0.05) is 53.4 Å². The van der Waals surface area contributed by atoms with E-state index in [1.807, 2.05) is 13.8 Å². The highest BCUT2D eigenvalue weighted by Crippen LogP contribution is 2.31. The van der Waals surface area contributed by atoms with Gasteiger partial charge in [-0.25, -0.2) is 0 Å². The van der Waals surface area contributed by atoms with Crippen molar-refractivity contribution in [2.45, 2.75) is 79.1 Å². The Morgan fingerprint density at radius 2 is 1.50 bits per heavy atom. The molecular formula is C20H36O4. The molecule has 0 heterocycles. The predicted octanol–water partition coefficient (Wildman–Crippen LogP) is 4.75. The fourth-order valence-electron chi connectivity index (χ4n) is 3.11. The Morgan fingerprint density at radius 3 is 2.08 bits per heavy atom. The van der Waals surface area contributed by atoms with Gasteiger partial charge in [-0.3, -0.25) is 9.59 Å². The van der Waals surface area contributed by atoms with Gasteiger partial charge in [-0.05, 0) is 37.5 Å². The molecule has 0 saturated heterocycles. The van der Waals surface area contributed by atoms with Crippen LogP contribution in [-0.2, 0) is 19.1 Å². The molecule has 0 N–H and O–H groups in total. The zero-order chi connectivity index (χ0) is 17.9. The summed E-state index contributed by atoms with van der Waals surface area (Å²) < 4.78 is 10.7. The number of unbranched alkanes of at least 4 members (excludes halogenated alkanes) is 2. The van der Waals surface area contributed by atoms with Crippen LogP contribution in [-0.4, -0.2) is 25.2 Å². The van der Waals surface area contributed by atoms with Crippen molar-refractivity contribution >= 4 is 11.9 Å². The average molecular weight is 341 g/mol. The molecule has 1 saturated carbocycles. The van der Waals surface area contributed by atoms with Crippen LogP contribution < -0.4 is 0 Å². The summed E-state index contributed by atoms with van der Waals surface area (Å²) in [5.74, 6) is 0.540. The molecule has 0 aromatic heterocycles. The molecule has 0 aromatic carbocycles. The average Bonchev–Trinajstić information content (AvgIpc) is 2.55. The smallest absolute Gasteiger partial charge is 0.308 e. The standard InChI is InChI=1S/C20H36O4/c1-15(2)9-6-5-7-12-23-19(21)17-10-8-11-18(13-17)20(22)24-14-16(3)4/h15-18H,5-14H2,1-4H3. The van der Waals surface area contributed by atoms with Crippen LogP contribution in [0.4, 0.5) is 0 Å². The first kappa shape index (κ1) is 21.0. The van der Waals surface area contributed by atoms with Crippen LogP contribution >= 0.6 is 0 Å². The van der Waals surface area contributed by atoms with Crippen LogP contribution in [0.3, 0.4) is 0 Å². The third kappa shape index (κ3) is 8.70. The minimum atomic E-state index is -0.144. The fourth-order valence-corrected chi connectivity index (χ4v) is 3.11. The predicted molar refractivity (Wildman–Crippen MR) is 95.5 cm³/mol. The van der Waals surface area contributed by atoms with Gasteiger partial charge in [-0.15, -0.1) is 0 Å². The maximum Gasteiger partial charge on any atom is 0.308 e. The van der Waals surface area contributed by atoms with E-state index in [-0.39, 0.29) is 23.8 Å². The molecule has 140 valence electrons. The molecule has 24 heavy (non-hydrogen) atoms. The van der Waals surface area contributed by atoms with E-state index in [0.717, 1.165) is 38.0 Å². The largest absolute Gasteiger partial charge is 0.465 e. The van der Waals surface area contributed by atoms with Gasteiger partial charge >= 0.3 is 11.9 Å². The summed E-state index contributed by atoms with van der Waals surface area (Å²) >= 11 is 0. The number of carbonyl (C=O) groups excluding carboxylic acids is 2. The molecule has 1 aliphatic carbocycles. The van der Waals surface area contributed by atoms with E-state index in [4.69, 9.17) is 9.47 Å². The normalized spacial score (nSPS) is 21.1. The van der Waals surface area contributed by atoms with Gasteiger partial charge in [0.15, 0.2) is 0 Å². The van der Waals surface area contributed by atoms with E-state index in [1.165, 1.54) is 12.8 Å². The van der Waals surface area contributed by atoms with E-state index < -0.39 is 0 Å². The molecule has 0 amide bonds. The Labute approximate surface area is 147 Å². The molecule has 4 heteroatoms. The molecule has 0 spiro atoms. The van der Waals surface area contributed by atoms with Crippen LogP contribution in [0.25, 0.3) is 0 Å². The number of ether oxygens (including phenoxy) is 2. The number of carbonyl (C=O) groups is 2. The molecule has 0 bridgehead atoms. The maximum absolute atomic E-state index is 12.2. The second-order valence-electron chi connectivity index (χ2n) is 8.00.